The van der Waals surface area contributed by atoms with Crippen molar-refractivity contribution in [1.29, 1.82) is 0 Å². The molecule has 0 aliphatic rings. The predicted octanol–water partition coefficient (Wildman–Crippen LogP) is 6.78. The van der Waals surface area contributed by atoms with E-state index in [0.29, 0.717) is 27.7 Å². The van der Waals surface area contributed by atoms with E-state index in [-0.39, 0.29) is 5.91 Å². The molecule has 4 aromatic rings. The highest BCUT2D eigenvalue weighted by molar-refractivity contribution is 9.10. The second kappa shape index (κ2) is 7.41. The lowest BCUT2D eigenvalue weighted by atomic mass is 10.1. The molecule has 6 heteroatoms. The molecule has 1 amide bonds. The van der Waals surface area contributed by atoms with Crippen LogP contribution in [0.1, 0.15) is 21.5 Å². The second-order valence-electron chi connectivity index (χ2n) is 6.60. The number of hydrogen-bond acceptors (Lipinski definition) is 3. The minimum atomic E-state index is -0.204. The van der Waals surface area contributed by atoms with Crippen LogP contribution in [0, 0.1) is 13.8 Å². The lowest BCUT2D eigenvalue weighted by Gasteiger charge is -2.08. The van der Waals surface area contributed by atoms with E-state index in [4.69, 9.17) is 16.0 Å². The van der Waals surface area contributed by atoms with Gasteiger partial charge in [-0.05, 0) is 73.5 Å². The highest BCUT2D eigenvalue weighted by atomic mass is 79.9. The monoisotopic (exact) mass is 454 g/mol. The molecule has 28 heavy (non-hydrogen) atoms. The van der Waals surface area contributed by atoms with Crippen LogP contribution in [0.15, 0.2) is 63.5 Å². The van der Waals surface area contributed by atoms with Crippen LogP contribution >= 0.6 is 27.5 Å². The lowest BCUT2D eigenvalue weighted by molar-refractivity contribution is 0.102. The van der Waals surface area contributed by atoms with Gasteiger partial charge < -0.3 is 9.73 Å². The molecule has 140 valence electrons. The van der Waals surface area contributed by atoms with Crippen molar-refractivity contribution in [2.24, 2.45) is 0 Å². The fraction of sp³-hybridized carbons (Fsp3) is 0.0909. The molecule has 0 aliphatic carbocycles. The highest BCUT2D eigenvalue weighted by Crippen LogP contribution is 2.33. The standard InChI is InChI=1S/C22H16BrClN2O2/c1-12-9-13(2)20-19(10-12)26-22(28-20)17-11-16(7-8-18(17)24)25-21(27)14-3-5-15(23)6-4-14/h3-11H,1-2H3,(H,25,27). The Hall–Kier alpha value is -2.63. The maximum Gasteiger partial charge on any atom is 0.255 e. The molecular weight excluding hydrogens is 440 g/mol. The zero-order chi connectivity index (χ0) is 19.8. The Morgan fingerprint density at radius 2 is 1.82 bits per heavy atom. The number of aromatic nitrogens is 1. The molecule has 0 saturated heterocycles. The van der Waals surface area contributed by atoms with Crippen LogP contribution in [0.2, 0.25) is 5.02 Å². The third-order valence-corrected chi connectivity index (χ3v) is 5.24. The lowest BCUT2D eigenvalue weighted by Crippen LogP contribution is -2.11. The van der Waals surface area contributed by atoms with Gasteiger partial charge in [0.25, 0.3) is 5.91 Å². The largest absolute Gasteiger partial charge is 0.436 e. The number of benzene rings is 3. The summed E-state index contributed by atoms with van der Waals surface area (Å²) < 4.78 is 6.88. The first-order chi connectivity index (χ1) is 13.4. The minimum Gasteiger partial charge on any atom is -0.436 e. The summed E-state index contributed by atoms with van der Waals surface area (Å²) in [4.78, 5) is 17.1. The zero-order valence-electron chi connectivity index (χ0n) is 15.2. The average Bonchev–Trinajstić information content (AvgIpc) is 3.08. The van der Waals surface area contributed by atoms with Crippen molar-refractivity contribution >= 4 is 50.2 Å². The van der Waals surface area contributed by atoms with E-state index in [9.17, 15) is 4.79 Å². The van der Waals surface area contributed by atoms with Crippen LogP contribution in [0.3, 0.4) is 0 Å². The smallest absolute Gasteiger partial charge is 0.255 e. The molecule has 0 spiro atoms. The van der Waals surface area contributed by atoms with E-state index in [1.54, 1.807) is 30.3 Å². The summed E-state index contributed by atoms with van der Waals surface area (Å²) in [5, 5.41) is 3.39. The number of aryl methyl sites for hydroxylation is 2. The summed E-state index contributed by atoms with van der Waals surface area (Å²) >= 11 is 9.75. The quantitative estimate of drug-likeness (QED) is 0.370. The Balaban J connectivity index is 1.68. The zero-order valence-corrected chi connectivity index (χ0v) is 17.6. The van der Waals surface area contributed by atoms with Gasteiger partial charge in [-0.3, -0.25) is 4.79 Å². The van der Waals surface area contributed by atoms with Crippen LogP contribution < -0.4 is 5.32 Å². The van der Waals surface area contributed by atoms with E-state index in [0.717, 1.165) is 26.7 Å². The van der Waals surface area contributed by atoms with Crippen molar-refractivity contribution in [2.45, 2.75) is 13.8 Å². The molecule has 0 saturated carbocycles. The van der Waals surface area contributed by atoms with Gasteiger partial charge in [-0.15, -0.1) is 0 Å². The van der Waals surface area contributed by atoms with Gasteiger partial charge >= 0.3 is 0 Å². The molecule has 3 aromatic carbocycles. The molecule has 0 unspecified atom stereocenters. The van der Waals surface area contributed by atoms with Crippen molar-refractivity contribution in [3.8, 4) is 11.5 Å². The van der Waals surface area contributed by atoms with Crippen molar-refractivity contribution in [3.63, 3.8) is 0 Å². The van der Waals surface area contributed by atoms with Crippen molar-refractivity contribution < 1.29 is 9.21 Å². The third-order valence-electron chi connectivity index (χ3n) is 4.38. The number of hydrogen-bond donors (Lipinski definition) is 1. The van der Waals surface area contributed by atoms with Gasteiger partial charge in [-0.1, -0.05) is 33.6 Å². The number of halogens is 2. The van der Waals surface area contributed by atoms with Crippen LogP contribution in [0.4, 0.5) is 5.69 Å². The van der Waals surface area contributed by atoms with Gasteiger partial charge in [0, 0.05) is 15.7 Å². The SMILES string of the molecule is Cc1cc(C)c2oc(-c3cc(NC(=O)c4ccc(Br)cc4)ccc3Cl)nc2c1. The number of carbonyl (C=O) groups excluding carboxylic acids is 1. The molecule has 0 fully saturated rings. The number of nitrogens with one attached hydrogen (secondary N) is 1. The van der Waals surface area contributed by atoms with Gasteiger partial charge in [0.05, 0.1) is 10.6 Å². The highest BCUT2D eigenvalue weighted by Gasteiger charge is 2.15. The third kappa shape index (κ3) is 3.68. The average molecular weight is 456 g/mol. The summed E-state index contributed by atoms with van der Waals surface area (Å²) in [5.41, 5.74) is 5.46. The Bertz CT molecular complexity index is 1200. The first-order valence-corrected chi connectivity index (χ1v) is 9.82. The Morgan fingerprint density at radius 3 is 2.57 bits per heavy atom. The number of anilines is 1. The number of amides is 1. The Morgan fingerprint density at radius 1 is 1.07 bits per heavy atom. The maximum atomic E-state index is 12.5. The first kappa shape index (κ1) is 18.7. The van der Waals surface area contributed by atoms with Crippen LogP contribution in [0.25, 0.3) is 22.6 Å². The molecule has 0 bridgehead atoms. The summed E-state index contributed by atoms with van der Waals surface area (Å²) in [6.45, 7) is 4.01. The van der Waals surface area contributed by atoms with Gasteiger partial charge in [0.2, 0.25) is 5.89 Å². The number of carbonyl (C=O) groups is 1. The minimum absolute atomic E-state index is 0.204. The molecule has 1 aromatic heterocycles. The first-order valence-electron chi connectivity index (χ1n) is 8.65. The van der Waals surface area contributed by atoms with Gasteiger partial charge in [0.1, 0.15) is 5.52 Å². The van der Waals surface area contributed by atoms with Crippen molar-refractivity contribution in [1.82, 2.24) is 4.98 Å². The van der Waals surface area contributed by atoms with E-state index < -0.39 is 0 Å². The Labute approximate surface area is 175 Å². The second-order valence-corrected chi connectivity index (χ2v) is 7.93. The molecule has 0 radical (unpaired) electrons. The van der Waals surface area contributed by atoms with Crippen LogP contribution in [-0.2, 0) is 0 Å². The van der Waals surface area contributed by atoms with Crippen LogP contribution in [0.5, 0.6) is 0 Å². The summed E-state index contributed by atoms with van der Waals surface area (Å²) in [6, 6.07) is 16.4. The number of fused-ring (bicyclic) bond motifs is 1. The Kier molecular flexibility index (Phi) is 4.96. The van der Waals surface area contributed by atoms with Gasteiger partial charge in [-0.2, -0.15) is 0 Å². The summed E-state index contributed by atoms with van der Waals surface area (Å²) in [5.74, 6) is 0.221. The van der Waals surface area contributed by atoms with Gasteiger partial charge in [0.15, 0.2) is 5.58 Å². The number of rotatable bonds is 3. The number of oxazole rings is 1. The van der Waals surface area contributed by atoms with Gasteiger partial charge in [-0.25, -0.2) is 4.98 Å². The van der Waals surface area contributed by atoms with E-state index in [1.165, 1.54) is 0 Å². The normalized spacial score (nSPS) is 11.0. The molecule has 4 nitrogen and oxygen atoms in total. The molecule has 1 heterocycles. The fourth-order valence-corrected chi connectivity index (χ4v) is 3.53. The van der Waals surface area contributed by atoms with E-state index in [2.05, 4.69) is 26.2 Å². The number of nitrogens with zero attached hydrogens (tertiary/aromatic N) is 1. The van der Waals surface area contributed by atoms with Crippen molar-refractivity contribution in [3.05, 3.63) is 80.8 Å². The molecule has 4 rings (SSSR count). The van der Waals surface area contributed by atoms with Crippen molar-refractivity contribution in [2.75, 3.05) is 5.32 Å². The topological polar surface area (TPSA) is 55.1 Å². The van der Waals surface area contributed by atoms with E-state index >= 15 is 0 Å². The summed E-state index contributed by atoms with van der Waals surface area (Å²) in [7, 11) is 0. The van der Waals surface area contributed by atoms with Crippen LogP contribution in [-0.4, -0.2) is 10.9 Å². The fourth-order valence-electron chi connectivity index (χ4n) is 3.06. The molecule has 1 N–H and O–H groups in total. The molecule has 0 atom stereocenters. The summed E-state index contributed by atoms with van der Waals surface area (Å²) in [6.07, 6.45) is 0. The molecule has 0 aliphatic heterocycles. The van der Waals surface area contributed by atoms with E-state index in [1.807, 2.05) is 38.1 Å². The maximum absolute atomic E-state index is 12.5. The predicted molar refractivity (Wildman–Crippen MR) is 116 cm³/mol. The molecular formula is C22H16BrClN2O2.